The first-order valence-corrected chi connectivity index (χ1v) is 13.0. The fourth-order valence-electron chi connectivity index (χ4n) is 3.85. The minimum Gasteiger partial charge on any atom is -0.342 e. The van der Waals surface area contributed by atoms with Crippen molar-refractivity contribution >= 4 is 50.6 Å². The van der Waals surface area contributed by atoms with Gasteiger partial charge < -0.3 is 4.90 Å². The number of likely N-dealkylation sites (tertiary alicyclic amines) is 1. The summed E-state index contributed by atoms with van der Waals surface area (Å²) >= 11 is 4.44. The van der Waals surface area contributed by atoms with Crippen LogP contribution >= 0.6 is 34.4 Å². The van der Waals surface area contributed by atoms with Crippen LogP contribution < -0.4 is 5.56 Å². The van der Waals surface area contributed by atoms with Crippen LogP contribution in [0.1, 0.15) is 19.3 Å². The van der Waals surface area contributed by atoms with E-state index in [4.69, 9.17) is 4.98 Å². The van der Waals surface area contributed by atoms with Crippen molar-refractivity contribution in [3.05, 3.63) is 63.6 Å². The molecule has 0 spiro atoms. The first kappa shape index (κ1) is 20.5. The molecule has 0 N–H and O–H groups in total. The number of amides is 1. The number of carbonyl (C=O) groups is 1. The summed E-state index contributed by atoms with van der Waals surface area (Å²) in [4.78, 5) is 35.0. The molecule has 1 fully saturated rings. The van der Waals surface area contributed by atoms with E-state index in [1.54, 1.807) is 15.9 Å². The first-order chi connectivity index (χ1) is 15.2. The Morgan fingerprint density at radius 2 is 1.84 bits per heavy atom. The smallest absolute Gasteiger partial charge is 0.268 e. The molecule has 5 nitrogen and oxygen atoms in total. The van der Waals surface area contributed by atoms with Crippen molar-refractivity contribution < 1.29 is 4.79 Å². The molecule has 3 aromatic heterocycles. The van der Waals surface area contributed by atoms with Crippen LogP contribution in [0.5, 0.6) is 0 Å². The number of thioether (sulfide) groups is 1. The zero-order valence-electron chi connectivity index (χ0n) is 16.8. The highest BCUT2D eigenvalue weighted by molar-refractivity contribution is 7.99. The summed E-state index contributed by atoms with van der Waals surface area (Å²) in [6, 6.07) is 13.6. The maximum absolute atomic E-state index is 13.7. The Labute approximate surface area is 192 Å². The maximum Gasteiger partial charge on any atom is 0.268 e. The van der Waals surface area contributed by atoms with E-state index >= 15 is 0 Å². The van der Waals surface area contributed by atoms with Crippen LogP contribution in [0.25, 0.3) is 26.3 Å². The Hall–Kier alpha value is -2.42. The standard InChI is InChI=1S/C23H21N3O2S3/c27-19(25-11-5-2-6-12-25)15-31-23-24-21-20(17(14-30-21)18-10-7-13-29-18)22(28)26(23)16-8-3-1-4-9-16/h1,3-4,7-10,13-14H,2,5-6,11-12,15H2. The van der Waals surface area contributed by atoms with Crippen LogP contribution in [-0.2, 0) is 4.79 Å². The maximum atomic E-state index is 13.7. The lowest BCUT2D eigenvalue weighted by atomic mass is 10.1. The van der Waals surface area contributed by atoms with E-state index in [9.17, 15) is 9.59 Å². The van der Waals surface area contributed by atoms with Gasteiger partial charge in [0.15, 0.2) is 5.16 Å². The van der Waals surface area contributed by atoms with E-state index in [1.165, 1.54) is 29.5 Å². The number of benzene rings is 1. The van der Waals surface area contributed by atoms with E-state index in [-0.39, 0.29) is 17.2 Å². The predicted molar refractivity (Wildman–Crippen MR) is 130 cm³/mol. The zero-order valence-corrected chi connectivity index (χ0v) is 19.3. The average molecular weight is 468 g/mol. The molecule has 0 bridgehead atoms. The van der Waals surface area contributed by atoms with Gasteiger partial charge in [-0.25, -0.2) is 4.98 Å². The highest BCUT2D eigenvalue weighted by Gasteiger charge is 2.21. The van der Waals surface area contributed by atoms with Gasteiger partial charge in [0.1, 0.15) is 4.83 Å². The minimum atomic E-state index is -0.0891. The summed E-state index contributed by atoms with van der Waals surface area (Å²) in [5.74, 6) is 0.401. The first-order valence-electron chi connectivity index (χ1n) is 10.3. The summed E-state index contributed by atoms with van der Waals surface area (Å²) in [6.07, 6.45) is 3.32. The van der Waals surface area contributed by atoms with E-state index < -0.39 is 0 Å². The normalized spacial score (nSPS) is 14.3. The molecule has 0 aliphatic carbocycles. The number of nitrogens with zero attached hydrogens (tertiary/aromatic N) is 3. The van der Waals surface area contributed by atoms with Gasteiger partial charge in [0.05, 0.1) is 16.8 Å². The van der Waals surface area contributed by atoms with Gasteiger partial charge in [0, 0.05) is 28.9 Å². The highest BCUT2D eigenvalue weighted by atomic mass is 32.2. The van der Waals surface area contributed by atoms with Gasteiger partial charge in [-0.2, -0.15) is 0 Å². The number of fused-ring (bicyclic) bond motifs is 1. The van der Waals surface area contributed by atoms with Crippen LogP contribution in [0.3, 0.4) is 0 Å². The van der Waals surface area contributed by atoms with Gasteiger partial charge in [-0.3, -0.25) is 14.2 Å². The zero-order chi connectivity index (χ0) is 21.2. The topological polar surface area (TPSA) is 55.2 Å². The molecule has 4 heterocycles. The second kappa shape index (κ2) is 8.98. The highest BCUT2D eigenvalue weighted by Crippen LogP contribution is 2.35. The number of rotatable bonds is 5. The Kier molecular flexibility index (Phi) is 5.93. The van der Waals surface area contributed by atoms with Crippen LogP contribution in [0.15, 0.2) is 63.2 Å². The van der Waals surface area contributed by atoms with Crippen molar-refractivity contribution in [2.24, 2.45) is 0 Å². The molecule has 8 heteroatoms. The molecule has 0 saturated carbocycles. The van der Waals surface area contributed by atoms with Crippen molar-refractivity contribution in [1.29, 1.82) is 0 Å². The Morgan fingerprint density at radius 3 is 2.58 bits per heavy atom. The third-order valence-corrected chi connectivity index (χ3v) is 8.11. The van der Waals surface area contributed by atoms with Gasteiger partial charge >= 0.3 is 0 Å². The van der Waals surface area contributed by atoms with Gasteiger partial charge in [-0.1, -0.05) is 36.0 Å². The van der Waals surface area contributed by atoms with Gasteiger partial charge in [0.2, 0.25) is 5.91 Å². The van der Waals surface area contributed by atoms with Crippen LogP contribution in [-0.4, -0.2) is 39.2 Å². The molecule has 1 aliphatic rings. The van der Waals surface area contributed by atoms with Crippen LogP contribution in [0.4, 0.5) is 0 Å². The fraction of sp³-hybridized carbons (Fsp3) is 0.261. The molecule has 0 atom stereocenters. The van der Waals surface area contributed by atoms with Crippen molar-refractivity contribution in [3.63, 3.8) is 0 Å². The number of carbonyl (C=O) groups excluding carboxylic acids is 1. The summed E-state index contributed by atoms with van der Waals surface area (Å²) in [7, 11) is 0. The van der Waals surface area contributed by atoms with E-state index in [0.717, 1.165) is 42.1 Å². The predicted octanol–water partition coefficient (Wildman–Crippen LogP) is 5.28. The van der Waals surface area contributed by atoms with E-state index in [0.29, 0.717) is 15.4 Å². The minimum absolute atomic E-state index is 0.0891. The number of aromatic nitrogens is 2. The van der Waals surface area contributed by atoms with Gasteiger partial charge in [0.25, 0.3) is 5.56 Å². The third kappa shape index (κ3) is 4.07. The van der Waals surface area contributed by atoms with Crippen molar-refractivity contribution in [3.8, 4) is 16.1 Å². The quantitative estimate of drug-likeness (QED) is 0.296. The summed E-state index contributed by atoms with van der Waals surface area (Å²) in [5, 5.41) is 5.23. The second-order valence-corrected chi connectivity index (χ2v) is 10.2. The van der Waals surface area contributed by atoms with Crippen molar-refractivity contribution in [2.75, 3.05) is 18.8 Å². The Morgan fingerprint density at radius 1 is 1.03 bits per heavy atom. The van der Waals surface area contributed by atoms with Gasteiger partial charge in [-0.15, -0.1) is 22.7 Å². The van der Waals surface area contributed by atoms with E-state index in [2.05, 4.69) is 0 Å². The largest absolute Gasteiger partial charge is 0.342 e. The molecule has 5 rings (SSSR count). The van der Waals surface area contributed by atoms with Crippen LogP contribution in [0.2, 0.25) is 0 Å². The van der Waals surface area contributed by atoms with Crippen molar-refractivity contribution in [2.45, 2.75) is 24.4 Å². The lowest BCUT2D eigenvalue weighted by molar-refractivity contribution is -0.129. The summed E-state index contributed by atoms with van der Waals surface area (Å²) in [6.45, 7) is 1.65. The molecule has 1 amide bonds. The SMILES string of the molecule is O=C(CSc1nc2scc(-c3cccs3)c2c(=O)n1-c1ccccc1)N1CCCCC1. The molecular weight excluding hydrogens is 446 g/mol. The number of hydrogen-bond donors (Lipinski definition) is 0. The number of para-hydroxylation sites is 1. The molecule has 0 radical (unpaired) electrons. The average Bonchev–Trinajstić information content (AvgIpc) is 3.48. The molecular formula is C23H21N3O2S3. The van der Waals surface area contributed by atoms with Gasteiger partial charge in [-0.05, 0) is 42.8 Å². The number of piperidine rings is 1. The monoisotopic (exact) mass is 467 g/mol. The molecule has 0 unspecified atom stereocenters. The Bertz CT molecular complexity index is 1260. The molecule has 1 saturated heterocycles. The number of thiophene rings is 2. The van der Waals surface area contributed by atoms with E-state index in [1.807, 2.05) is 58.1 Å². The third-order valence-electron chi connectivity index (χ3n) is 5.41. The van der Waals surface area contributed by atoms with Crippen molar-refractivity contribution in [1.82, 2.24) is 14.5 Å². The molecule has 1 aromatic carbocycles. The fourth-order valence-corrected chi connectivity index (χ4v) is 6.57. The summed E-state index contributed by atoms with van der Waals surface area (Å²) in [5.41, 5.74) is 1.60. The Balaban J connectivity index is 1.57. The molecule has 158 valence electrons. The lowest BCUT2D eigenvalue weighted by Gasteiger charge is -2.26. The van der Waals surface area contributed by atoms with Crippen LogP contribution in [0, 0.1) is 0 Å². The number of hydrogen-bond acceptors (Lipinski definition) is 6. The lowest BCUT2D eigenvalue weighted by Crippen LogP contribution is -2.36. The molecule has 31 heavy (non-hydrogen) atoms. The second-order valence-electron chi connectivity index (χ2n) is 7.41. The molecule has 4 aromatic rings. The molecule has 1 aliphatic heterocycles. The summed E-state index contributed by atoms with van der Waals surface area (Å²) < 4.78 is 1.65.